The van der Waals surface area contributed by atoms with E-state index in [0.717, 1.165) is 28.4 Å². The zero-order valence-corrected chi connectivity index (χ0v) is 13.4. The van der Waals surface area contributed by atoms with Crippen LogP contribution in [0.15, 0.2) is 41.1 Å². The van der Waals surface area contributed by atoms with Crippen LogP contribution in [0, 0.1) is 5.82 Å². The van der Waals surface area contributed by atoms with Gasteiger partial charge in [-0.05, 0) is 65.1 Å². The van der Waals surface area contributed by atoms with Crippen LogP contribution in [-0.4, -0.2) is 18.1 Å². The Hall–Kier alpha value is -0.970. The molecule has 0 bridgehead atoms. The SMILES string of the molecule is CNC(Cc1cncc(Br)c1)Cc1ccc(F)cc1Cl. The Morgan fingerprint density at radius 2 is 2.10 bits per heavy atom. The first-order valence-electron chi connectivity index (χ1n) is 6.29. The number of hydrogen-bond donors (Lipinski definition) is 1. The van der Waals surface area contributed by atoms with E-state index in [2.05, 4.69) is 26.2 Å². The number of benzene rings is 1. The number of halogens is 3. The van der Waals surface area contributed by atoms with Crippen molar-refractivity contribution in [1.29, 1.82) is 0 Å². The van der Waals surface area contributed by atoms with E-state index in [1.807, 2.05) is 19.3 Å². The largest absolute Gasteiger partial charge is 0.316 e. The van der Waals surface area contributed by atoms with Crippen molar-refractivity contribution in [1.82, 2.24) is 10.3 Å². The van der Waals surface area contributed by atoms with Gasteiger partial charge < -0.3 is 5.32 Å². The van der Waals surface area contributed by atoms with Crippen LogP contribution in [0.1, 0.15) is 11.1 Å². The van der Waals surface area contributed by atoms with E-state index >= 15 is 0 Å². The van der Waals surface area contributed by atoms with E-state index in [9.17, 15) is 4.39 Å². The molecule has 1 N–H and O–H groups in total. The van der Waals surface area contributed by atoms with E-state index in [4.69, 9.17) is 11.6 Å². The molecule has 0 saturated heterocycles. The molecular weight excluding hydrogens is 343 g/mol. The van der Waals surface area contributed by atoms with Gasteiger partial charge in [0, 0.05) is 27.9 Å². The Kier molecular flexibility index (Phi) is 5.52. The second-order valence-electron chi connectivity index (χ2n) is 4.64. The fraction of sp³-hybridized carbons (Fsp3) is 0.267. The topological polar surface area (TPSA) is 24.9 Å². The molecule has 2 aromatic rings. The molecule has 1 heterocycles. The lowest BCUT2D eigenvalue weighted by atomic mass is 10.00. The summed E-state index contributed by atoms with van der Waals surface area (Å²) in [6, 6.07) is 6.79. The molecule has 0 saturated carbocycles. The summed E-state index contributed by atoms with van der Waals surface area (Å²) in [6.07, 6.45) is 5.18. The molecular formula is C15H15BrClFN2. The number of likely N-dealkylation sites (N-methyl/N-ethyl adjacent to an activating group) is 1. The van der Waals surface area contributed by atoms with Crippen LogP contribution in [0.3, 0.4) is 0 Å². The third-order valence-electron chi connectivity index (χ3n) is 3.13. The van der Waals surface area contributed by atoms with Crippen molar-refractivity contribution in [2.45, 2.75) is 18.9 Å². The van der Waals surface area contributed by atoms with Crippen LogP contribution in [0.4, 0.5) is 4.39 Å². The number of hydrogen-bond acceptors (Lipinski definition) is 2. The molecule has 0 radical (unpaired) electrons. The average molecular weight is 358 g/mol. The predicted octanol–water partition coefficient (Wildman–Crippen LogP) is 4.01. The van der Waals surface area contributed by atoms with Crippen molar-refractivity contribution in [3.05, 3.63) is 63.1 Å². The molecule has 0 aliphatic heterocycles. The van der Waals surface area contributed by atoms with Crippen LogP contribution in [0.2, 0.25) is 5.02 Å². The molecule has 1 atom stereocenters. The third-order valence-corrected chi connectivity index (χ3v) is 3.92. The quantitative estimate of drug-likeness (QED) is 0.874. The molecule has 1 aromatic heterocycles. The Morgan fingerprint density at radius 3 is 2.75 bits per heavy atom. The minimum atomic E-state index is -0.309. The van der Waals surface area contributed by atoms with Crippen molar-refractivity contribution < 1.29 is 4.39 Å². The smallest absolute Gasteiger partial charge is 0.124 e. The lowest BCUT2D eigenvalue weighted by Gasteiger charge is -2.17. The maximum atomic E-state index is 13.0. The highest BCUT2D eigenvalue weighted by molar-refractivity contribution is 9.10. The minimum Gasteiger partial charge on any atom is -0.316 e. The molecule has 0 fully saturated rings. The molecule has 0 spiro atoms. The van der Waals surface area contributed by atoms with Gasteiger partial charge in [-0.25, -0.2) is 4.39 Å². The highest BCUT2D eigenvalue weighted by atomic mass is 79.9. The first-order chi connectivity index (χ1) is 9.58. The second kappa shape index (κ2) is 7.16. The minimum absolute atomic E-state index is 0.217. The van der Waals surface area contributed by atoms with E-state index < -0.39 is 0 Å². The van der Waals surface area contributed by atoms with Crippen LogP contribution in [0.25, 0.3) is 0 Å². The average Bonchev–Trinajstić information content (AvgIpc) is 2.41. The zero-order valence-electron chi connectivity index (χ0n) is 11.0. The van der Waals surface area contributed by atoms with Crippen LogP contribution in [-0.2, 0) is 12.8 Å². The van der Waals surface area contributed by atoms with E-state index in [1.165, 1.54) is 12.1 Å². The molecule has 1 unspecified atom stereocenters. The van der Waals surface area contributed by atoms with E-state index in [1.54, 1.807) is 12.3 Å². The monoisotopic (exact) mass is 356 g/mol. The maximum absolute atomic E-state index is 13.0. The molecule has 0 aliphatic carbocycles. The van der Waals surface area contributed by atoms with Crippen LogP contribution < -0.4 is 5.32 Å². The molecule has 0 amide bonds. The van der Waals surface area contributed by atoms with Crippen molar-refractivity contribution in [3.8, 4) is 0 Å². The summed E-state index contributed by atoms with van der Waals surface area (Å²) in [6.45, 7) is 0. The molecule has 106 valence electrons. The molecule has 5 heteroatoms. The number of aromatic nitrogens is 1. The van der Waals surface area contributed by atoms with Gasteiger partial charge in [0.2, 0.25) is 0 Å². The highest BCUT2D eigenvalue weighted by Gasteiger charge is 2.11. The summed E-state index contributed by atoms with van der Waals surface area (Å²) in [4.78, 5) is 4.16. The Morgan fingerprint density at radius 1 is 1.30 bits per heavy atom. The summed E-state index contributed by atoms with van der Waals surface area (Å²) in [7, 11) is 1.91. The first kappa shape index (κ1) is 15.4. The lowest BCUT2D eigenvalue weighted by Crippen LogP contribution is -2.30. The predicted molar refractivity (Wildman–Crippen MR) is 83.6 cm³/mol. The van der Waals surface area contributed by atoms with Gasteiger partial charge in [0.1, 0.15) is 5.82 Å². The molecule has 0 aliphatic rings. The number of nitrogens with zero attached hydrogens (tertiary/aromatic N) is 1. The second-order valence-corrected chi connectivity index (χ2v) is 5.96. The van der Waals surface area contributed by atoms with Crippen molar-refractivity contribution in [3.63, 3.8) is 0 Å². The summed E-state index contributed by atoms with van der Waals surface area (Å²) in [5, 5.41) is 3.73. The van der Waals surface area contributed by atoms with Crippen LogP contribution in [0.5, 0.6) is 0 Å². The van der Waals surface area contributed by atoms with Crippen LogP contribution >= 0.6 is 27.5 Å². The van der Waals surface area contributed by atoms with Crippen molar-refractivity contribution in [2.24, 2.45) is 0 Å². The zero-order chi connectivity index (χ0) is 14.5. The van der Waals surface area contributed by atoms with Gasteiger partial charge in [-0.2, -0.15) is 0 Å². The fourth-order valence-corrected chi connectivity index (χ4v) is 2.74. The maximum Gasteiger partial charge on any atom is 0.124 e. The third kappa shape index (κ3) is 4.27. The summed E-state index contributed by atoms with van der Waals surface area (Å²) >= 11 is 9.49. The van der Waals surface area contributed by atoms with Gasteiger partial charge >= 0.3 is 0 Å². The Labute approximate surface area is 131 Å². The molecule has 2 nitrogen and oxygen atoms in total. The summed E-state index contributed by atoms with van der Waals surface area (Å²) < 4.78 is 14.0. The molecule has 1 aromatic carbocycles. The number of rotatable bonds is 5. The normalized spacial score (nSPS) is 12.4. The van der Waals surface area contributed by atoms with Gasteiger partial charge in [0.25, 0.3) is 0 Å². The van der Waals surface area contributed by atoms with Crippen molar-refractivity contribution in [2.75, 3.05) is 7.05 Å². The van der Waals surface area contributed by atoms with Gasteiger partial charge in [-0.1, -0.05) is 17.7 Å². The Balaban J connectivity index is 2.09. The van der Waals surface area contributed by atoms with Crippen molar-refractivity contribution >= 4 is 27.5 Å². The Bertz CT molecular complexity index is 592. The lowest BCUT2D eigenvalue weighted by molar-refractivity contribution is 0.554. The summed E-state index contributed by atoms with van der Waals surface area (Å²) in [5.74, 6) is -0.309. The van der Waals surface area contributed by atoms with Gasteiger partial charge in [-0.3, -0.25) is 4.98 Å². The van der Waals surface area contributed by atoms with Gasteiger partial charge in [0.05, 0.1) is 0 Å². The summed E-state index contributed by atoms with van der Waals surface area (Å²) in [5.41, 5.74) is 2.08. The first-order valence-corrected chi connectivity index (χ1v) is 7.46. The highest BCUT2D eigenvalue weighted by Crippen LogP contribution is 2.20. The number of nitrogens with one attached hydrogen (secondary N) is 1. The standard InChI is InChI=1S/C15H15BrClFN2/c1-19-14(5-10-4-12(16)9-20-8-10)6-11-2-3-13(18)7-15(11)17/h2-4,7-9,14,19H,5-6H2,1H3. The van der Waals surface area contributed by atoms with E-state index in [0.29, 0.717) is 5.02 Å². The molecule has 20 heavy (non-hydrogen) atoms. The van der Waals surface area contributed by atoms with Gasteiger partial charge in [0.15, 0.2) is 0 Å². The number of pyridine rings is 1. The van der Waals surface area contributed by atoms with Gasteiger partial charge in [-0.15, -0.1) is 0 Å². The fourth-order valence-electron chi connectivity index (χ4n) is 2.08. The van der Waals surface area contributed by atoms with E-state index in [-0.39, 0.29) is 11.9 Å². The molecule has 2 rings (SSSR count).